The number of hydrogen-bond acceptors (Lipinski definition) is 2. The van der Waals surface area contributed by atoms with Crippen molar-refractivity contribution in [1.29, 1.82) is 0 Å². The third kappa shape index (κ3) is 5.06. The predicted octanol–water partition coefficient (Wildman–Crippen LogP) is 2.91. The van der Waals surface area contributed by atoms with Gasteiger partial charge in [0.05, 0.1) is 12.6 Å². The van der Waals surface area contributed by atoms with Gasteiger partial charge in [0.2, 0.25) is 0 Å². The zero-order chi connectivity index (χ0) is 13.8. The molecule has 102 valence electrons. The van der Waals surface area contributed by atoms with E-state index in [2.05, 4.69) is 0 Å². The third-order valence-corrected chi connectivity index (χ3v) is 2.78. The average molecular weight is 261 g/mol. The van der Waals surface area contributed by atoms with E-state index in [0.717, 1.165) is 11.1 Å². The van der Waals surface area contributed by atoms with E-state index in [-0.39, 0.29) is 13.0 Å². The minimum atomic E-state index is -4.19. The lowest BCUT2D eigenvalue weighted by Crippen LogP contribution is -2.32. The van der Waals surface area contributed by atoms with Gasteiger partial charge >= 0.3 is 6.18 Å². The maximum Gasteiger partial charge on any atom is 0.401 e. The molecule has 0 bridgehead atoms. The number of rotatable bonds is 5. The second-order valence-electron chi connectivity index (χ2n) is 4.51. The summed E-state index contributed by atoms with van der Waals surface area (Å²) < 4.78 is 36.3. The Morgan fingerprint density at radius 3 is 2.44 bits per heavy atom. The Morgan fingerprint density at radius 1 is 1.28 bits per heavy atom. The van der Waals surface area contributed by atoms with Gasteiger partial charge in [0, 0.05) is 6.54 Å². The summed E-state index contributed by atoms with van der Waals surface area (Å²) in [7, 11) is 1.40. The zero-order valence-electron chi connectivity index (χ0n) is 10.5. The SMILES string of the molecule is Cc1ccccc1C(O)CCN(C)CC(F)(F)F. The van der Waals surface area contributed by atoms with Crippen molar-refractivity contribution in [3.8, 4) is 0 Å². The van der Waals surface area contributed by atoms with Crippen LogP contribution in [0.3, 0.4) is 0 Å². The van der Waals surface area contributed by atoms with Crippen molar-refractivity contribution in [1.82, 2.24) is 4.90 Å². The lowest BCUT2D eigenvalue weighted by atomic mass is 10.0. The van der Waals surface area contributed by atoms with Crippen LogP contribution >= 0.6 is 0 Å². The number of nitrogens with zero attached hydrogens (tertiary/aromatic N) is 1. The molecule has 1 aromatic rings. The Hall–Kier alpha value is -1.07. The summed E-state index contributed by atoms with van der Waals surface area (Å²) in [5.74, 6) is 0. The maximum atomic E-state index is 12.1. The standard InChI is InChI=1S/C13H18F3NO/c1-10-5-3-4-6-11(10)12(18)7-8-17(2)9-13(14,15)16/h3-6,12,18H,7-9H2,1-2H3. The zero-order valence-corrected chi connectivity index (χ0v) is 10.5. The molecule has 0 aromatic heterocycles. The normalized spacial score (nSPS) is 13.9. The fourth-order valence-electron chi connectivity index (χ4n) is 1.84. The molecule has 2 nitrogen and oxygen atoms in total. The van der Waals surface area contributed by atoms with E-state index in [1.807, 2.05) is 25.1 Å². The summed E-state index contributed by atoms with van der Waals surface area (Å²) in [5.41, 5.74) is 1.72. The number of aliphatic hydroxyl groups excluding tert-OH is 1. The summed E-state index contributed by atoms with van der Waals surface area (Å²) in [6, 6.07) is 7.34. The topological polar surface area (TPSA) is 23.5 Å². The monoisotopic (exact) mass is 261 g/mol. The highest BCUT2D eigenvalue weighted by atomic mass is 19.4. The summed E-state index contributed by atoms with van der Waals surface area (Å²) >= 11 is 0. The van der Waals surface area contributed by atoms with E-state index in [4.69, 9.17) is 0 Å². The molecule has 0 saturated heterocycles. The Kier molecular flexibility index (Phi) is 5.16. The van der Waals surface area contributed by atoms with Gasteiger partial charge in [-0.15, -0.1) is 0 Å². The lowest BCUT2D eigenvalue weighted by molar-refractivity contribution is -0.143. The molecule has 0 radical (unpaired) electrons. The van der Waals surface area contributed by atoms with Crippen LogP contribution in [0.5, 0.6) is 0 Å². The quantitative estimate of drug-likeness (QED) is 0.881. The first-order valence-corrected chi connectivity index (χ1v) is 5.78. The Morgan fingerprint density at radius 2 is 1.89 bits per heavy atom. The van der Waals surface area contributed by atoms with Gasteiger partial charge in [-0.1, -0.05) is 24.3 Å². The summed E-state index contributed by atoms with van der Waals surface area (Å²) in [5, 5.41) is 9.94. The van der Waals surface area contributed by atoms with E-state index in [9.17, 15) is 18.3 Å². The molecule has 1 aromatic carbocycles. The van der Waals surface area contributed by atoms with E-state index < -0.39 is 18.8 Å². The molecule has 0 aliphatic heterocycles. The highest BCUT2D eigenvalue weighted by Crippen LogP contribution is 2.21. The molecule has 0 aliphatic rings. The highest BCUT2D eigenvalue weighted by molar-refractivity contribution is 5.27. The van der Waals surface area contributed by atoms with E-state index in [0.29, 0.717) is 0 Å². The molecule has 0 saturated carbocycles. The van der Waals surface area contributed by atoms with Gasteiger partial charge < -0.3 is 5.11 Å². The van der Waals surface area contributed by atoms with E-state index >= 15 is 0 Å². The van der Waals surface area contributed by atoms with Crippen molar-refractivity contribution in [2.45, 2.75) is 25.6 Å². The minimum Gasteiger partial charge on any atom is -0.388 e. The van der Waals surface area contributed by atoms with Crippen LogP contribution in [0.15, 0.2) is 24.3 Å². The van der Waals surface area contributed by atoms with Crippen molar-refractivity contribution < 1.29 is 18.3 Å². The van der Waals surface area contributed by atoms with Crippen LogP contribution in [0.25, 0.3) is 0 Å². The average Bonchev–Trinajstić information content (AvgIpc) is 2.24. The molecule has 5 heteroatoms. The molecule has 0 fully saturated rings. The van der Waals surface area contributed by atoms with E-state index in [1.54, 1.807) is 6.07 Å². The predicted molar refractivity (Wildman–Crippen MR) is 64.3 cm³/mol. The van der Waals surface area contributed by atoms with Crippen LogP contribution in [0.4, 0.5) is 13.2 Å². The maximum absolute atomic E-state index is 12.1. The fraction of sp³-hybridized carbons (Fsp3) is 0.538. The van der Waals surface area contributed by atoms with Crippen LogP contribution < -0.4 is 0 Å². The van der Waals surface area contributed by atoms with Crippen LogP contribution in [-0.4, -0.2) is 36.3 Å². The largest absolute Gasteiger partial charge is 0.401 e. The molecule has 1 N–H and O–H groups in total. The van der Waals surface area contributed by atoms with Crippen molar-refractivity contribution >= 4 is 0 Å². The first-order valence-electron chi connectivity index (χ1n) is 5.78. The van der Waals surface area contributed by atoms with E-state index in [1.165, 1.54) is 11.9 Å². The van der Waals surface area contributed by atoms with Crippen LogP contribution in [-0.2, 0) is 0 Å². The second kappa shape index (κ2) is 6.20. The first-order chi connectivity index (χ1) is 8.29. The molecule has 0 amide bonds. The molecule has 0 aliphatic carbocycles. The first kappa shape index (κ1) is 15.0. The second-order valence-corrected chi connectivity index (χ2v) is 4.51. The van der Waals surface area contributed by atoms with Gasteiger partial charge in [-0.25, -0.2) is 0 Å². The summed E-state index contributed by atoms with van der Waals surface area (Å²) in [4.78, 5) is 1.17. The molecule has 18 heavy (non-hydrogen) atoms. The molecular weight excluding hydrogens is 243 g/mol. The molecule has 0 heterocycles. The smallest absolute Gasteiger partial charge is 0.388 e. The highest BCUT2D eigenvalue weighted by Gasteiger charge is 2.29. The lowest BCUT2D eigenvalue weighted by Gasteiger charge is -2.21. The van der Waals surface area contributed by atoms with Crippen molar-refractivity contribution in [3.63, 3.8) is 0 Å². The van der Waals surface area contributed by atoms with Gasteiger partial charge in [-0.3, -0.25) is 4.90 Å². The van der Waals surface area contributed by atoms with Crippen molar-refractivity contribution in [2.75, 3.05) is 20.1 Å². The number of alkyl halides is 3. The summed E-state index contributed by atoms with van der Waals surface area (Å²) in [6.07, 6.45) is -4.62. The van der Waals surface area contributed by atoms with Gasteiger partial charge in [-0.05, 0) is 31.5 Å². The van der Waals surface area contributed by atoms with Crippen molar-refractivity contribution in [3.05, 3.63) is 35.4 Å². The third-order valence-electron chi connectivity index (χ3n) is 2.78. The Labute approximate surface area is 105 Å². The number of halogens is 3. The van der Waals surface area contributed by atoms with Crippen LogP contribution in [0.1, 0.15) is 23.7 Å². The van der Waals surface area contributed by atoms with Crippen LogP contribution in [0, 0.1) is 6.92 Å². The summed E-state index contributed by atoms with van der Waals surface area (Å²) in [6.45, 7) is 1.13. The molecule has 1 rings (SSSR count). The van der Waals surface area contributed by atoms with Gasteiger partial charge in [-0.2, -0.15) is 13.2 Å². The molecule has 0 spiro atoms. The molecule has 1 atom stereocenters. The van der Waals surface area contributed by atoms with Gasteiger partial charge in [0.15, 0.2) is 0 Å². The molecular formula is C13H18F3NO. The number of aliphatic hydroxyl groups is 1. The number of benzene rings is 1. The number of hydrogen-bond donors (Lipinski definition) is 1. The van der Waals surface area contributed by atoms with Crippen molar-refractivity contribution in [2.24, 2.45) is 0 Å². The minimum absolute atomic E-state index is 0.203. The molecule has 1 unspecified atom stereocenters. The fourth-order valence-corrected chi connectivity index (χ4v) is 1.84. The number of aryl methyl sites for hydroxylation is 1. The van der Waals surface area contributed by atoms with Gasteiger partial charge in [0.1, 0.15) is 0 Å². The van der Waals surface area contributed by atoms with Crippen LogP contribution in [0.2, 0.25) is 0 Å². The Bertz CT molecular complexity index is 379. The van der Waals surface area contributed by atoms with Gasteiger partial charge in [0.25, 0.3) is 0 Å². The Balaban J connectivity index is 2.47.